The Hall–Kier alpha value is -4.58. The van der Waals surface area contributed by atoms with Gasteiger partial charge in [-0.15, -0.1) is 0 Å². The maximum absolute atomic E-state index is 13.7. The number of benzene rings is 2. The number of hydrogen-bond donors (Lipinski definition) is 2. The summed E-state index contributed by atoms with van der Waals surface area (Å²) in [5.74, 6) is 0.889. The summed E-state index contributed by atoms with van der Waals surface area (Å²) < 4.78 is 0. The molecule has 0 spiro atoms. The van der Waals surface area contributed by atoms with Crippen LogP contribution in [-0.2, 0) is 11.3 Å². The molecule has 2 heterocycles. The third kappa shape index (κ3) is 7.14. The SMILES string of the molecule is CC(=O)N1CCN(c2ccc(N(C(=O)NCc3ccccc3)[C@H]3CC[C@H](Nc4ccc(C#N)cn4)CC3)cc2)CC1. The van der Waals surface area contributed by atoms with Crippen molar-refractivity contribution in [2.75, 3.05) is 41.3 Å². The molecule has 1 saturated heterocycles. The van der Waals surface area contributed by atoms with Gasteiger partial charge in [0.2, 0.25) is 5.91 Å². The first-order valence-corrected chi connectivity index (χ1v) is 14.3. The number of rotatable bonds is 7. The van der Waals surface area contributed by atoms with E-state index in [2.05, 4.69) is 38.7 Å². The number of anilines is 3. The Morgan fingerprint density at radius 1 is 0.951 bits per heavy atom. The molecule has 3 aromatic rings. The number of nitrogens with one attached hydrogen (secondary N) is 2. The normalized spacial score (nSPS) is 18.7. The number of pyridine rings is 1. The molecule has 9 nitrogen and oxygen atoms in total. The average molecular weight is 552 g/mol. The number of urea groups is 1. The van der Waals surface area contributed by atoms with E-state index in [1.165, 1.54) is 0 Å². The summed E-state index contributed by atoms with van der Waals surface area (Å²) in [6.07, 6.45) is 5.13. The van der Waals surface area contributed by atoms with E-state index >= 15 is 0 Å². The first-order valence-electron chi connectivity index (χ1n) is 14.3. The maximum Gasteiger partial charge on any atom is 0.322 e. The van der Waals surface area contributed by atoms with Gasteiger partial charge in [0.15, 0.2) is 0 Å². The molecule has 41 heavy (non-hydrogen) atoms. The van der Waals surface area contributed by atoms with Crippen molar-refractivity contribution < 1.29 is 9.59 Å². The van der Waals surface area contributed by atoms with Crippen molar-refractivity contribution >= 4 is 29.1 Å². The molecule has 212 valence electrons. The molecule has 5 rings (SSSR count). The van der Waals surface area contributed by atoms with Gasteiger partial charge in [-0.2, -0.15) is 5.26 Å². The zero-order chi connectivity index (χ0) is 28.6. The van der Waals surface area contributed by atoms with Gasteiger partial charge >= 0.3 is 6.03 Å². The Morgan fingerprint density at radius 2 is 1.66 bits per heavy atom. The molecule has 2 fully saturated rings. The predicted molar refractivity (Wildman–Crippen MR) is 161 cm³/mol. The van der Waals surface area contributed by atoms with E-state index in [1.807, 2.05) is 58.3 Å². The third-order valence-electron chi connectivity index (χ3n) is 8.03. The highest BCUT2D eigenvalue weighted by Gasteiger charge is 2.30. The summed E-state index contributed by atoms with van der Waals surface area (Å²) in [5, 5.41) is 15.6. The van der Waals surface area contributed by atoms with Gasteiger partial charge in [-0.1, -0.05) is 30.3 Å². The maximum atomic E-state index is 13.7. The number of carbonyl (C=O) groups excluding carboxylic acids is 2. The summed E-state index contributed by atoms with van der Waals surface area (Å²) in [6, 6.07) is 24.2. The fraction of sp³-hybridized carbons (Fsp3) is 0.375. The van der Waals surface area contributed by atoms with E-state index in [9.17, 15) is 9.59 Å². The van der Waals surface area contributed by atoms with Gasteiger partial charge in [-0.25, -0.2) is 9.78 Å². The molecule has 9 heteroatoms. The number of nitrogens with zero attached hydrogens (tertiary/aromatic N) is 5. The summed E-state index contributed by atoms with van der Waals surface area (Å²) in [5.41, 5.74) is 3.58. The average Bonchev–Trinajstić information content (AvgIpc) is 3.02. The van der Waals surface area contributed by atoms with Gasteiger partial charge in [0, 0.05) is 69.3 Å². The number of nitriles is 1. The molecular weight excluding hydrogens is 514 g/mol. The second-order valence-electron chi connectivity index (χ2n) is 10.7. The number of piperazine rings is 1. The summed E-state index contributed by atoms with van der Waals surface area (Å²) >= 11 is 0. The number of hydrogen-bond acceptors (Lipinski definition) is 6. The Morgan fingerprint density at radius 3 is 2.27 bits per heavy atom. The highest BCUT2D eigenvalue weighted by Crippen LogP contribution is 2.31. The minimum absolute atomic E-state index is 0.0720. The van der Waals surface area contributed by atoms with E-state index in [1.54, 1.807) is 19.2 Å². The minimum atomic E-state index is -0.0955. The quantitative estimate of drug-likeness (QED) is 0.439. The van der Waals surface area contributed by atoms with Crippen molar-refractivity contribution in [3.8, 4) is 6.07 Å². The van der Waals surface area contributed by atoms with Crippen LogP contribution in [0.4, 0.5) is 22.0 Å². The summed E-state index contributed by atoms with van der Waals surface area (Å²) in [4.78, 5) is 35.8. The van der Waals surface area contributed by atoms with Gasteiger partial charge < -0.3 is 20.4 Å². The Kier molecular flexibility index (Phi) is 8.99. The Balaban J connectivity index is 1.26. The first kappa shape index (κ1) is 28.0. The standard InChI is InChI=1S/C32H37N7O2/c1-24(40)37-17-19-38(20-18-37)28-12-14-30(15-13-28)39(32(41)35-22-25-5-3-2-4-6-25)29-10-8-27(9-11-29)36-31-16-7-26(21-33)23-34-31/h2-7,12-16,23,27,29H,8-11,17-20,22H2,1H3,(H,34,36)(H,35,41)/t27-,29-. The molecular formula is C32H37N7O2. The zero-order valence-electron chi connectivity index (χ0n) is 23.5. The molecule has 2 aliphatic rings. The molecule has 0 unspecified atom stereocenters. The molecule has 0 bridgehead atoms. The highest BCUT2D eigenvalue weighted by molar-refractivity contribution is 5.92. The molecule has 1 aliphatic heterocycles. The van der Waals surface area contributed by atoms with Crippen molar-refractivity contribution in [2.24, 2.45) is 0 Å². The van der Waals surface area contributed by atoms with Crippen LogP contribution in [-0.4, -0.2) is 60.1 Å². The molecule has 1 saturated carbocycles. The fourth-order valence-corrected chi connectivity index (χ4v) is 5.69. The largest absolute Gasteiger partial charge is 0.368 e. The summed E-state index contributed by atoms with van der Waals surface area (Å²) in [6.45, 7) is 5.13. The van der Waals surface area contributed by atoms with Crippen LogP contribution in [0.15, 0.2) is 72.9 Å². The lowest BCUT2D eigenvalue weighted by Gasteiger charge is -2.38. The van der Waals surface area contributed by atoms with E-state index in [0.717, 1.165) is 74.6 Å². The molecule has 1 aliphatic carbocycles. The van der Waals surface area contributed by atoms with Gasteiger partial charge in [0.05, 0.1) is 5.56 Å². The van der Waals surface area contributed by atoms with Crippen molar-refractivity contribution in [1.29, 1.82) is 5.26 Å². The van der Waals surface area contributed by atoms with E-state index in [0.29, 0.717) is 12.1 Å². The lowest BCUT2D eigenvalue weighted by atomic mass is 9.90. The number of carbonyl (C=O) groups is 2. The van der Waals surface area contributed by atoms with Crippen LogP contribution < -0.4 is 20.4 Å². The lowest BCUT2D eigenvalue weighted by Crippen LogP contribution is -2.49. The van der Waals surface area contributed by atoms with Crippen molar-refractivity contribution in [3.05, 3.63) is 84.1 Å². The van der Waals surface area contributed by atoms with E-state index < -0.39 is 0 Å². The predicted octanol–water partition coefficient (Wildman–Crippen LogP) is 4.76. The van der Waals surface area contributed by atoms with Crippen LogP contribution in [0.2, 0.25) is 0 Å². The highest BCUT2D eigenvalue weighted by atomic mass is 16.2. The monoisotopic (exact) mass is 551 g/mol. The van der Waals surface area contributed by atoms with Crippen LogP contribution in [0.3, 0.4) is 0 Å². The Labute approximate surface area is 241 Å². The van der Waals surface area contributed by atoms with Crippen LogP contribution in [0, 0.1) is 11.3 Å². The van der Waals surface area contributed by atoms with Crippen molar-refractivity contribution in [1.82, 2.24) is 15.2 Å². The topological polar surface area (TPSA) is 105 Å². The van der Waals surface area contributed by atoms with Crippen LogP contribution >= 0.6 is 0 Å². The second-order valence-corrected chi connectivity index (χ2v) is 10.7. The smallest absolute Gasteiger partial charge is 0.322 e. The van der Waals surface area contributed by atoms with E-state index in [-0.39, 0.29) is 24.0 Å². The van der Waals surface area contributed by atoms with Crippen LogP contribution in [0.25, 0.3) is 0 Å². The van der Waals surface area contributed by atoms with Gasteiger partial charge in [-0.05, 0) is 67.6 Å². The van der Waals surface area contributed by atoms with Gasteiger partial charge in [0.1, 0.15) is 11.9 Å². The molecule has 1 aromatic heterocycles. The minimum Gasteiger partial charge on any atom is -0.368 e. The van der Waals surface area contributed by atoms with Gasteiger partial charge in [0.25, 0.3) is 0 Å². The van der Waals surface area contributed by atoms with Crippen molar-refractivity contribution in [3.63, 3.8) is 0 Å². The molecule has 3 amide bonds. The molecule has 0 radical (unpaired) electrons. The first-order chi connectivity index (χ1) is 20.0. The van der Waals surface area contributed by atoms with Crippen LogP contribution in [0.5, 0.6) is 0 Å². The summed E-state index contributed by atoms with van der Waals surface area (Å²) in [7, 11) is 0. The van der Waals surface area contributed by atoms with Crippen LogP contribution in [0.1, 0.15) is 43.7 Å². The number of amides is 3. The molecule has 2 N–H and O–H groups in total. The second kappa shape index (κ2) is 13.2. The van der Waals surface area contributed by atoms with E-state index in [4.69, 9.17) is 5.26 Å². The van der Waals surface area contributed by atoms with Gasteiger partial charge in [-0.3, -0.25) is 9.69 Å². The lowest BCUT2D eigenvalue weighted by molar-refractivity contribution is -0.129. The van der Waals surface area contributed by atoms with Crippen molar-refractivity contribution in [2.45, 2.75) is 51.2 Å². The molecule has 0 atom stereocenters. The zero-order valence-corrected chi connectivity index (χ0v) is 23.5. The fourth-order valence-electron chi connectivity index (χ4n) is 5.69. The Bertz CT molecular complexity index is 1340. The molecule has 2 aromatic carbocycles. The number of aromatic nitrogens is 1. The third-order valence-corrected chi connectivity index (χ3v) is 8.03.